The molecule has 0 saturated carbocycles. The van der Waals surface area contributed by atoms with Crippen molar-refractivity contribution in [1.82, 2.24) is 5.32 Å². The smallest absolute Gasteiger partial charge is 0.227 e. The van der Waals surface area contributed by atoms with Crippen molar-refractivity contribution in [2.75, 3.05) is 6.61 Å². The summed E-state index contributed by atoms with van der Waals surface area (Å²) in [4.78, 5) is 10.7. The number of aliphatic hydroxyl groups excluding tert-OH is 1. The van der Waals surface area contributed by atoms with Crippen LogP contribution in [0.25, 0.3) is 0 Å². The van der Waals surface area contributed by atoms with Crippen LogP contribution >= 0.6 is 0 Å². The van der Waals surface area contributed by atoms with E-state index in [1.54, 1.807) is 0 Å². The lowest BCUT2D eigenvalue weighted by Gasteiger charge is -2.32. The highest BCUT2D eigenvalue weighted by Gasteiger charge is 2.36. The maximum absolute atomic E-state index is 10.7. The molecule has 3 nitrogen and oxygen atoms in total. The SMILES string of the molecule is C#CC1NC(=O)C1CCO. The predicted octanol–water partition coefficient (Wildman–Crippen LogP) is -0.883. The van der Waals surface area contributed by atoms with E-state index < -0.39 is 0 Å². The Morgan fingerprint density at radius 2 is 2.50 bits per heavy atom. The number of hydrogen-bond acceptors (Lipinski definition) is 2. The molecule has 54 valence electrons. The fourth-order valence-electron chi connectivity index (χ4n) is 1.01. The molecule has 0 bridgehead atoms. The van der Waals surface area contributed by atoms with Gasteiger partial charge in [-0.1, -0.05) is 5.92 Å². The summed E-state index contributed by atoms with van der Waals surface area (Å²) in [5, 5.41) is 11.0. The van der Waals surface area contributed by atoms with Crippen molar-refractivity contribution in [2.24, 2.45) is 5.92 Å². The first kappa shape index (κ1) is 7.10. The van der Waals surface area contributed by atoms with Gasteiger partial charge in [0.1, 0.15) is 6.04 Å². The fraction of sp³-hybridized carbons (Fsp3) is 0.571. The molecule has 1 saturated heterocycles. The van der Waals surface area contributed by atoms with Crippen LogP contribution in [0.1, 0.15) is 6.42 Å². The van der Waals surface area contributed by atoms with Gasteiger partial charge in [0, 0.05) is 6.61 Å². The zero-order chi connectivity index (χ0) is 7.56. The third-order valence-electron chi connectivity index (χ3n) is 1.66. The first-order valence-electron chi connectivity index (χ1n) is 3.17. The number of amides is 1. The fourth-order valence-corrected chi connectivity index (χ4v) is 1.01. The monoisotopic (exact) mass is 139 g/mol. The van der Waals surface area contributed by atoms with E-state index in [2.05, 4.69) is 11.2 Å². The van der Waals surface area contributed by atoms with Crippen molar-refractivity contribution in [3.8, 4) is 12.3 Å². The van der Waals surface area contributed by atoms with E-state index in [1.807, 2.05) is 0 Å². The molecule has 0 radical (unpaired) electrons. The van der Waals surface area contributed by atoms with Crippen LogP contribution < -0.4 is 5.32 Å². The van der Waals surface area contributed by atoms with Gasteiger partial charge in [0.25, 0.3) is 0 Å². The number of β-lactam (4-membered cyclic amide) rings is 1. The van der Waals surface area contributed by atoms with Crippen LogP contribution in [0.3, 0.4) is 0 Å². The molecule has 1 amide bonds. The lowest BCUT2D eigenvalue weighted by molar-refractivity contribution is -0.133. The summed E-state index contributed by atoms with van der Waals surface area (Å²) >= 11 is 0. The van der Waals surface area contributed by atoms with E-state index >= 15 is 0 Å². The van der Waals surface area contributed by atoms with Gasteiger partial charge < -0.3 is 10.4 Å². The van der Waals surface area contributed by atoms with Gasteiger partial charge in [0.15, 0.2) is 0 Å². The average molecular weight is 139 g/mol. The standard InChI is InChI=1S/C7H9NO2/c1-2-6-5(3-4-9)7(10)8-6/h1,5-6,9H,3-4H2,(H,8,10). The lowest BCUT2D eigenvalue weighted by Crippen LogP contribution is -2.57. The van der Waals surface area contributed by atoms with E-state index in [1.165, 1.54) is 0 Å². The Labute approximate surface area is 59.4 Å². The number of aliphatic hydroxyl groups is 1. The van der Waals surface area contributed by atoms with Crippen LogP contribution in [-0.2, 0) is 4.79 Å². The summed E-state index contributed by atoms with van der Waals surface area (Å²) in [7, 11) is 0. The molecular weight excluding hydrogens is 130 g/mol. The van der Waals surface area contributed by atoms with Gasteiger partial charge >= 0.3 is 0 Å². The van der Waals surface area contributed by atoms with Crippen molar-refractivity contribution in [3.63, 3.8) is 0 Å². The molecule has 1 aliphatic rings. The average Bonchev–Trinajstić information content (AvgIpc) is 1.95. The number of carbonyl (C=O) groups is 1. The van der Waals surface area contributed by atoms with Gasteiger partial charge in [-0.05, 0) is 6.42 Å². The number of carbonyl (C=O) groups excluding carboxylic acids is 1. The molecule has 0 aromatic rings. The molecule has 1 heterocycles. The molecule has 0 spiro atoms. The van der Waals surface area contributed by atoms with E-state index in [0.29, 0.717) is 6.42 Å². The molecule has 0 aromatic heterocycles. The largest absolute Gasteiger partial charge is 0.396 e. The van der Waals surface area contributed by atoms with Crippen LogP contribution in [-0.4, -0.2) is 23.7 Å². The summed E-state index contributed by atoms with van der Waals surface area (Å²) in [6.07, 6.45) is 5.54. The molecule has 3 heteroatoms. The highest BCUT2D eigenvalue weighted by atomic mass is 16.3. The lowest BCUT2D eigenvalue weighted by atomic mass is 9.88. The summed E-state index contributed by atoms with van der Waals surface area (Å²) in [6.45, 7) is 0.0241. The highest BCUT2D eigenvalue weighted by molar-refractivity contribution is 5.87. The predicted molar refractivity (Wildman–Crippen MR) is 36.0 cm³/mol. The minimum atomic E-state index is -0.157. The number of terminal acetylenes is 1. The molecule has 1 aliphatic heterocycles. The molecule has 0 aliphatic carbocycles. The van der Waals surface area contributed by atoms with Gasteiger partial charge in [-0.25, -0.2) is 0 Å². The summed E-state index contributed by atoms with van der Waals surface area (Å²) < 4.78 is 0. The van der Waals surface area contributed by atoms with E-state index in [9.17, 15) is 4.79 Å². The summed E-state index contributed by atoms with van der Waals surface area (Å²) in [5.41, 5.74) is 0. The first-order chi connectivity index (χ1) is 4.79. The van der Waals surface area contributed by atoms with E-state index in [4.69, 9.17) is 11.5 Å². The van der Waals surface area contributed by atoms with E-state index in [0.717, 1.165) is 0 Å². The molecule has 1 fully saturated rings. The second kappa shape index (κ2) is 2.72. The van der Waals surface area contributed by atoms with Gasteiger partial charge in [0.2, 0.25) is 5.91 Å². The van der Waals surface area contributed by atoms with Crippen molar-refractivity contribution >= 4 is 5.91 Å². The van der Waals surface area contributed by atoms with Gasteiger partial charge in [-0.15, -0.1) is 6.42 Å². The van der Waals surface area contributed by atoms with Crippen LogP contribution in [0.4, 0.5) is 0 Å². The number of nitrogens with one attached hydrogen (secondary N) is 1. The molecule has 1 rings (SSSR count). The van der Waals surface area contributed by atoms with E-state index in [-0.39, 0.29) is 24.5 Å². The van der Waals surface area contributed by atoms with Crippen molar-refractivity contribution in [3.05, 3.63) is 0 Å². The summed E-state index contributed by atoms with van der Waals surface area (Å²) in [6, 6.07) is -0.153. The Morgan fingerprint density at radius 1 is 1.80 bits per heavy atom. The zero-order valence-electron chi connectivity index (χ0n) is 5.50. The molecular formula is C7H9NO2. The Balaban J connectivity index is 2.42. The Morgan fingerprint density at radius 3 is 2.90 bits per heavy atom. The van der Waals surface area contributed by atoms with Gasteiger partial charge in [0.05, 0.1) is 5.92 Å². The van der Waals surface area contributed by atoms with Crippen LogP contribution in [0, 0.1) is 18.3 Å². The quantitative estimate of drug-likeness (QED) is 0.385. The first-order valence-corrected chi connectivity index (χ1v) is 3.17. The van der Waals surface area contributed by atoms with Crippen molar-refractivity contribution < 1.29 is 9.90 Å². The van der Waals surface area contributed by atoms with Crippen LogP contribution in [0.2, 0.25) is 0 Å². The third-order valence-corrected chi connectivity index (χ3v) is 1.66. The van der Waals surface area contributed by atoms with Gasteiger partial charge in [-0.3, -0.25) is 4.79 Å². The Hall–Kier alpha value is -1.01. The highest BCUT2D eigenvalue weighted by Crippen LogP contribution is 2.17. The zero-order valence-corrected chi connectivity index (χ0v) is 5.50. The molecule has 2 unspecified atom stereocenters. The van der Waals surface area contributed by atoms with Crippen LogP contribution in [0.15, 0.2) is 0 Å². The molecule has 2 atom stereocenters. The maximum Gasteiger partial charge on any atom is 0.227 e. The topological polar surface area (TPSA) is 49.3 Å². The van der Waals surface area contributed by atoms with Gasteiger partial charge in [-0.2, -0.15) is 0 Å². The maximum atomic E-state index is 10.7. The summed E-state index contributed by atoms with van der Waals surface area (Å²) in [5.74, 6) is 2.22. The minimum absolute atomic E-state index is 0.0241. The van der Waals surface area contributed by atoms with Crippen molar-refractivity contribution in [2.45, 2.75) is 12.5 Å². The normalized spacial score (nSPS) is 30.2. The molecule has 0 aromatic carbocycles. The second-order valence-electron chi connectivity index (χ2n) is 2.27. The molecule has 10 heavy (non-hydrogen) atoms. The third kappa shape index (κ3) is 0.981. The second-order valence-corrected chi connectivity index (χ2v) is 2.27. The molecule has 2 N–H and O–H groups in total. The Kier molecular flexibility index (Phi) is 1.93. The number of hydrogen-bond donors (Lipinski definition) is 2. The van der Waals surface area contributed by atoms with Crippen molar-refractivity contribution in [1.29, 1.82) is 0 Å². The Bertz CT molecular complexity index is 183. The number of rotatable bonds is 2. The minimum Gasteiger partial charge on any atom is -0.396 e. The van der Waals surface area contributed by atoms with Crippen LogP contribution in [0.5, 0.6) is 0 Å².